The van der Waals surface area contributed by atoms with Crippen molar-refractivity contribution in [3.63, 3.8) is 0 Å². The number of allylic oxidation sites excluding steroid dienone is 1. The van der Waals surface area contributed by atoms with Crippen LogP contribution in [0.1, 0.15) is 32.8 Å². The van der Waals surface area contributed by atoms with Crippen LogP contribution in [0, 0.1) is 0 Å². The van der Waals surface area contributed by atoms with E-state index in [2.05, 4.69) is 0 Å². The first-order valence-electron chi connectivity index (χ1n) is 6.56. The van der Waals surface area contributed by atoms with Crippen LogP contribution in [0.3, 0.4) is 0 Å². The summed E-state index contributed by atoms with van der Waals surface area (Å²) in [6.07, 6.45) is 2.42. The van der Waals surface area contributed by atoms with Gasteiger partial charge in [-0.15, -0.1) is 0 Å². The molecule has 0 spiro atoms. The first kappa shape index (κ1) is 15.4. The normalized spacial score (nSPS) is 14.8. The van der Waals surface area contributed by atoms with Gasteiger partial charge in [-0.2, -0.15) is 0 Å². The number of aliphatic hydroxyl groups excluding tert-OH is 1. The number of ether oxygens (including phenoxy) is 1. The van der Waals surface area contributed by atoms with Crippen molar-refractivity contribution in [2.45, 2.75) is 32.6 Å². The highest BCUT2D eigenvalue weighted by molar-refractivity contribution is 5.87. The summed E-state index contributed by atoms with van der Waals surface area (Å²) < 4.78 is 5.33. The molecule has 0 aliphatic rings. The largest absolute Gasteiger partial charge is 0.461 e. The van der Waals surface area contributed by atoms with Gasteiger partial charge in [-0.05, 0) is 25.8 Å². The molecule has 1 aromatic rings. The number of rotatable bonds is 6. The third-order valence-electron chi connectivity index (χ3n) is 3.60. The summed E-state index contributed by atoms with van der Waals surface area (Å²) in [6, 6.07) is 9.69. The van der Waals surface area contributed by atoms with Crippen LogP contribution < -0.4 is 0 Å². The molecule has 1 N–H and O–H groups in total. The fourth-order valence-electron chi connectivity index (χ4n) is 1.87. The van der Waals surface area contributed by atoms with Crippen molar-refractivity contribution in [3.05, 3.63) is 47.5 Å². The lowest BCUT2D eigenvalue weighted by molar-refractivity contribution is -0.141. The van der Waals surface area contributed by atoms with Crippen LogP contribution in [0.2, 0.25) is 0 Å². The molecule has 1 atom stereocenters. The predicted molar refractivity (Wildman–Crippen MR) is 75.9 cm³/mol. The Morgan fingerprint density at radius 1 is 1.37 bits per heavy atom. The van der Waals surface area contributed by atoms with E-state index < -0.39 is 5.41 Å². The topological polar surface area (TPSA) is 46.5 Å². The summed E-state index contributed by atoms with van der Waals surface area (Å²) in [5.74, 6) is -0.329. The van der Waals surface area contributed by atoms with Crippen LogP contribution in [0.15, 0.2) is 42.0 Å². The van der Waals surface area contributed by atoms with Gasteiger partial charge in [-0.3, -0.25) is 0 Å². The number of hydrogen-bond donors (Lipinski definition) is 1. The summed E-state index contributed by atoms with van der Waals surface area (Å²) in [7, 11) is 0. The van der Waals surface area contributed by atoms with Gasteiger partial charge in [0.15, 0.2) is 0 Å². The first-order valence-corrected chi connectivity index (χ1v) is 6.56. The minimum Gasteiger partial charge on any atom is -0.461 e. The number of benzene rings is 1. The van der Waals surface area contributed by atoms with E-state index in [4.69, 9.17) is 4.74 Å². The Labute approximate surface area is 114 Å². The summed E-state index contributed by atoms with van der Waals surface area (Å²) in [4.78, 5) is 11.7. The Morgan fingerprint density at radius 3 is 2.47 bits per heavy atom. The molecule has 3 heteroatoms. The van der Waals surface area contributed by atoms with E-state index in [0.29, 0.717) is 12.0 Å². The Bertz CT molecular complexity index is 431. The molecule has 0 aliphatic carbocycles. The summed E-state index contributed by atoms with van der Waals surface area (Å²) in [5, 5.41) is 9.73. The van der Waals surface area contributed by atoms with Crippen molar-refractivity contribution < 1.29 is 14.6 Å². The van der Waals surface area contributed by atoms with Gasteiger partial charge in [0.05, 0.1) is 12.0 Å². The molecule has 0 radical (unpaired) electrons. The minimum absolute atomic E-state index is 0.0460. The zero-order chi connectivity index (χ0) is 14.3. The molecule has 0 amide bonds. The van der Waals surface area contributed by atoms with Gasteiger partial charge in [0.1, 0.15) is 6.61 Å². The minimum atomic E-state index is -0.523. The monoisotopic (exact) mass is 262 g/mol. The molecule has 1 aromatic carbocycles. The summed E-state index contributed by atoms with van der Waals surface area (Å²) in [6.45, 7) is 5.65. The number of esters is 1. The Kier molecular flexibility index (Phi) is 5.77. The molecule has 0 heterocycles. The lowest BCUT2D eigenvalue weighted by Crippen LogP contribution is -2.36. The van der Waals surface area contributed by atoms with E-state index in [9.17, 15) is 9.90 Å². The molecule has 0 saturated carbocycles. The SMILES string of the molecule is CC=C(C)C(=O)OCC(CC)(CO)c1ccccc1. The highest BCUT2D eigenvalue weighted by atomic mass is 16.5. The molecule has 0 bridgehead atoms. The highest BCUT2D eigenvalue weighted by Gasteiger charge is 2.31. The van der Waals surface area contributed by atoms with Crippen molar-refractivity contribution >= 4 is 5.97 Å². The average molecular weight is 262 g/mol. The average Bonchev–Trinajstić information content (AvgIpc) is 2.48. The van der Waals surface area contributed by atoms with Crippen LogP contribution in [-0.4, -0.2) is 24.3 Å². The van der Waals surface area contributed by atoms with Gasteiger partial charge in [0, 0.05) is 5.57 Å². The zero-order valence-corrected chi connectivity index (χ0v) is 11.8. The molecule has 1 unspecified atom stereocenters. The molecule has 0 fully saturated rings. The standard InChI is InChI=1S/C16H22O3/c1-4-13(3)15(18)19-12-16(5-2,11-17)14-9-7-6-8-10-14/h4,6-10,17H,5,11-12H2,1-3H3. The fourth-order valence-corrected chi connectivity index (χ4v) is 1.87. The molecular weight excluding hydrogens is 240 g/mol. The highest BCUT2D eigenvalue weighted by Crippen LogP contribution is 2.28. The van der Waals surface area contributed by atoms with E-state index in [0.717, 1.165) is 5.56 Å². The van der Waals surface area contributed by atoms with Crippen LogP contribution in [0.4, 0.5) is 0 Å². The van der Waals surface area contributed by atoms with Gasteiger partial charge < -0.3 is 9.84 Å². The van der Waals surface area contributed by atoms with Gasteiger partial charge in [0.2, 0.25) is 0 Å². The molecule has 0 saturated heterocycles. The van der Waals surface area contributed by atoms with Crippen molar-refractivity contribution in [1.29, 1.82) is 0 Å². The predicted octanol–water partition coefficient (Wildman–Crippen LogP) is 2.84. The maximum Gasteiger partial charge on any atom is 0.333 e. The third kappa shape index (κ3) is 3.67. The van der Waals surface area contributed by atoms with E-state index in [1.807, 2.05) is 37.3 Å². The second-order valence-corrected chi connectivity index (χ2v) is 4.71. The van der Waals surface area contributed by atoms with Crippen LogP contribution in [0.25, 0.3) is 0 Å². The van der Waals surface area contributed by atoms with E-state index in [-0.39, 0.29) is 19.2 Å². The summed E-state index contributed by atoms with van der Waals surface area (Å²) >= 11 is 0. The second kappa shape index (κ2) is 7.10. The van der Waals surface area contributed by atoms with Crippen molar-refractivity contribution in [2.24, 2.45) is 0 Å². The lowest BCUT2D eigenvalue weighted by Gasteiger charge is -2.30. The lowest BCUT2D eigenvalue weighted by atomic mass is 9.79. The number of carbonyl (C=O) groups excluding carboxylic acids is 1. The van der Waals surface area contributed by atoms with Gasteiger partial charge in [-0.25, -0.2) is 4.79 Å². The molecular formula is C16H22O3. The number of aliphatic hydroxyl groups is 1. The van der Waals surface area contributed by atoms with Crippen LogP contribution in [-0.2, 0) is 14.9 Å². The van der Waals surface area contributed by atoms with Crippen LogP contribution >= 0.6 is 0 Å². The third-order valence-corrected chi connectivity index (χ3v) is 3.60. The molecule has 1 rings (SSSR count). The maximum atomic E-state index is 11.7. The smallest absolute Gasteiger partial charge is 0.333 e. The van der Waals surface area contributed by atoms with Gasteiger partial charge in [0.25, 0.3) is 0 Å². The molecule has 19 heavy (non-hydrogen) atoms. The molecule has 0 aromatic heterocycles. The first-order chi connectivity index (χ1) is 9.09. The zero-order valence-electron chi connectivity index (χ0n) is 11.8. The van der Waals surface area contributed by atoms with Gasteiger partial charge >= 0.3 is 5.97 Å². The maximum absolute atomic E-state index is 11.7. The number of hydrogen-bond acceptors (Lipinski definition) is 3. The van der Waals surface area contributed by atoms with Crippen molar-refractivity contribution in [1.82, 2.24) is 0 Å². The Morgan fingerprint density at radius 2 is 2.00 bits per heavy atom. The van der Waals surface area contributed by atoms with Gasteiger partial charge in [-0.1, -0.05) is 43.3 Å². The summed E-state index contributed by atoms with van der Waals surface area (Å²) in [5.41, 5.74) is 1.05. The molecule has 104 valence electrons. The Balaban J connectivity index is 2.87. The van der Waals surface area contributed by atoms with Crippen LogP contribution in [0.5, 0.6) is 0 Å². The van der Waals surface area contributed by atoms with E-state index >= 15 is 0 Å². The molecule has 0 aliphatic heterocycles. The number of carbonyl (C=O) groups is 1. The Hall–Kier alpha value is -1.61. The van der Waals surface area contributed by atoms with Crippen molar-refractivity contribution in [3.8, 4) is 0 Å². The van der Waals surface area contributed by atoms with E-state index in [1.165, 1.54) is 0 Å². The fraction of sp³-hybridized carbons (Fsp3) is 0.438. The van der Waals surface area contributed by atoms with E-state index in [1.54, 1.807) is 19.9 Å². The van der Waals surface area contributed by atoms with Crippen molar-refractivity contribution in [2.75, 3.05) is 13.2 Å². The quantitative estimate of drug-likeness (QED) is 0.633. The second-order valence-electron chi connectivity index (χ2n) is 4.71. The molecule has 3 nitrogen and oxygen atoms in total.